The summed E-state index contributed by atoms with van der Waals surface area (Å²) in [4.78, 5) is 60.7. The number of benzene rings is 2. The van der Waals surface area contributed by atoms with Crippen molar-refractivity contribution in [1.29, 1.82) is 0 Å². The Hall–Kier alpha value is -4.41. The van der Waals surface area contributed by atoms with Gasteiger partial charge in [-0.05, 0) is 76.9 Å². The van der Waals surface area contributed by atoms with Gasteiger partial charge in [0.25, 0.3) is 0 Å². The number of imidazole rings is 2. The Kier molecular flexibility index (Phi) is 15.7. The predicted octanol–water partition coefficient (Wildman–Crippen LogP) is 4.75. The summed E-state index contributed by atoms with van der Waals surface area (Å²) in [6, 6.07) is 13.2. The molecule has 14 heteroatoms. The summed E-state index contributed by atoms with van der Waals surface area (Å²) in [5.41, 5.74) is 3.49. The summed E-state index contributed by atoms with van der Waals surface area (Å²) in [5.74, 6) is -4.30. The zero-order valence-electron chi connectivity index (χ0n) is 30.5. The first-order chi connectivity index (χ1) is 25.3. The molecule has 4 aromatic rings. The highest BCUT2D eigenvalue weighted by Gasteiger charge is 2.34. The fourth-order valence-corrected chi connectivity index (χ4v) is 6.70. The SMILES string of the molecule is CC(C)CC(NC(Cc1cncn1CCc1ccccc1)C(=O)O)C(=O)OC(=O)C(CC(C)C)NC(Cc1cncn1Cc1cccc(I)c1)C(=O)O. The van der Waals surface area contributed by atoms with Crippen LogP contribution in [-0.4, -0.2) is 77.4 Å². The van der Waals surface area contributed by atoms with Gasteiger partial charge >= 0.3 is 23.9 Å². The molecular formula is C39H49IN6O7. The molecule has 4 atom stereocenters. The van der Waals surface area contributed by atoms with E-state index in [0.29, 0.717) is 24.5 Å². The molecule has 0 saturated heterocycles. The van der Waals surface area contributed by atoms with Gasteiger partial charge in [0.1, 0.15) is 24.2 Å². The van der Waals surface area contributed by atoms with E-state index in [1.165, 1.54) is 0 Å². The summed E-state index contributed by atoms with van der Waals surface area (Å²) in [6.07, 6.45) is 7.69. The summed E-state index contributed by atoms with van der Waals surface area (Å²) < 4.78 is 10.2. The van der Waals surface area contributed by atoms with E-state index in [1.807, 2.05) is 91.4 Å². The first kappa shape index (κ1) is 41.3. The Bertz CT molecular complexity index is 1810. The highest BCUT2D eigenvalue weighted by Crippen LogP contribution is 2.16. The van der Waals surface area contributed by atoms with Crippen LogP contribution in [0.4, 0.5) is 0 Å². The molecular weight excluding hydrogens is 791 g/mol. The third kappa shape index (κ3) is 13.2. The Morgan fingerprint density at radius 3 is 1.74 bits per heavy atom. The van der Waals surface area contributed by atoms with Crippen molar-refractivity contribution in [2.75, 3.05) is 0 Å². The Morgan fingerprint density at radius 1 is 0.717 bits per heavy atom. The van der Waals surface area contributed by atoms with Gasteiger partial charge in [0.15, 0.2) is 0 Å². The quantitative estimate of drug-likeness (QED) is 0.0518. The standard InChI is InChI=1S/C39H49IN6O7/c1-25(2)15-34(43-32(36(47)48)18-30-20-41-23-45(30)14-13-27-9-6-5-7-10-27)38(51)53-39(52)35(16-26(3)4)44-33(37(49)50)19-31-21-42-24-46(31)22-28-11-8-12-29(40)17-28/h5-12,17,20-21,23-26,32-35,43-44H,13-16,18-19,22H2,1-4H3,(H,47,48)(H,49,50). The summed E-state index contributed by atoms with van der Waals surface area (Å²) >= 11 is 2.23. The van der Waals surface area contributed by atoms with Crippen LogP contribution in [-0.2, 0) is 56.3 Å². The van der Waals surface area contributed by atoms with Crippen LogP contribution in [0, 0.1) is 15.4 Å². The van der Waals surface area contributed by atoms with Crippen LogP contribution in [0.25, 0.3) is 0 Å². The van der Waals surface area contributed by atoms with E-state index in [2.05, 4.69) is 43.2 Å². The molecule has 2 heterocycles. The van der Waals surface area contributed by atoms with Crippen molar-refractivity contribution >= 4 is 46.5 Å². The number of aliphatic carboxylic acids is 2. The number of aromatic nitrogens is 4. The lowest BCUT2D eigenvalue weighted by molar-refractivity contribution is -0.163. The van der Waals surface area contributed by atoms with Crippen molar-refractivity contribution < 1.29 is 34.1 Å². The van der Waals surface area contributed by atoms with E-state index in [1.54, 1.807) is 25.0 Å². The number of aryl methyl sites for hydroxylation is 2. The topological polar surface area (TPSA) is 178 Å². The molecule has 4 unspecified atom stereocenters. The number of rotatable bonds is 21. The fourth-order valence-electron chi connectivity index (χ4n) is 6.09. The fraction of sp³-hybridized carbons (Fsp3) is 0.436. The highest BCUT2D eigenvalue weighted by molar-refractivity contribution is 14.1. The van der Waals surface area contributed by atoms with Crippen molar-refractivity contribution in [2.24, 2.45) is 11.8 Å². The minimum absolute atomic E-state index is 0.0227. The minimum Gasteiger partial charge on any atom is -0.480 e. The van der Waals surface area contributed by atoms with Crippen molar-refractivity contribution in [3.8, 4) is 0 Å². The smallest absolute Gasteiger partial charge is 0.330 e. The van der Waals surface area contributed by atoms with E-state index in [9.17, 15) is 29.4 Å². The molecule has 284 valence electrons. The molecule has 13 nitrogen and oxygen atoms in total. The molecule has 0 bridgehead atoms. The second kappa shape index (κ2) is 20.2. The molecule has 0 aliphatic rings. The highest BCUT2D eigenvalue weighted by atomic mass is 127. The Labute approximate surface area is 323 Å². The van der Waals surface area contributed by atoms with E-state index in [0.717, 1.165) is 21.1 Å². The van der Waals surface area contributed by atoms with E-state index < -0.39 is 48.0 Å². The van der Waals surface area contributed by atoms with Crippen molar-refractivity contribution in [2.45, 2.75) is 97.1 Å². The predicted molar refractivity (Wildman–Crippen MR) is 207 cm³/mol. The molecule has 0 radical (unpaired) electrons. The number of ether oxygens (including phenoxy) is 1. The molecule has 0 aliphatic heterocycles. The van der Waals surface area contributed by atoms with Gasteiger partial charge in [-0.25, -0.2) is 19.6 Å². The molecule has 2 aromatic heterocycles. The number of carboxylic acids is 2. The van der Waals surface area contributed by atoms with Crippen LogP contribution < -0.4 is 10.6 Å². The van der Waals surface area contributed by atoms with Gasteiger partial charge in [0.05, 0.1) is 12.7 Å². The number of esters is 2. The van der Waals surface area contributed by atoms with E-state index in [4.69, 9.17) is 4.74 Å². The zero-order valence-corrected chi connectivity index (χ0v) is 32.7. The van der Waals surface area contributed by atoms with Crippen molar-refractivity contribution in [3.05, 3.63) is 106 Å². The van der Waals surface area contributed by atoms with Crippen LogP contribution in [0.1, 0.15) is 63.1 Å². The Morgan fingerprint density at radius 2 is 1.23 bits per heavy atom. The molecule has 4 rings (SSSR count). The van der Waals surface area contributed by atoms with Crippen LogP contribution in [0.5, 0.6) is 0 Å². The molecule has 0 aliphatic carbocycles. The molecule has 0 amide bonds. The largest absolute Gasteiger partial charge is 0.480 e. The molecule has 0 spiro atoms. The van der Waals surface area contributed by atoms with Gasteiger partial charge in [-0.1, -0.05) is 70.2 Å². The third-order valence-corrected chi connectivity index (χ3v) is 9.41. The van der Waals surface area contributed by atoms with Gasteiger partial charge in [-0.3, -0.25) is 20.2 Å². The molecule has 0 saturated carbocycles. The number of carboxylic acid groups (broad SMARTS) is 2. The zero-order chi connectivity index (χ0) is 38.5. The summed E-state index contributed by atoms with van der Waals surface area (Å²) in [6.45, 7) is 8.59. The lowest BCUT2D eigenvalue weighted by Crippen LogP contribution is -2.53. The van der Waals surface area contributed by atoms with Crippen LogP contribution >= 0.6 is 22.6 Å². The first-order valence-electron chi connectivity index (χ1n) is 17.8. The lowest BCUT2D eigenvalue weighted by atomic mass is 10.0. The van der Waals surface area contributed by atoms with Crippen molar-refractivity contribution in [1.82, 2.24) is 29.7 Å². The average molecular weight is 841 g/mol. The first-order valence-corrected chi connectivity index (χ1v) is 18.9. The van der Waals surface area contributed by atoms with E-state index in [-0.39, 0.29) is 37.5 Å². The van der Waals surface area contributed by atoms with Gasteiger partial charge < -0.3 is 24.1 Å². The number of halogens is 1. The average Bonchev–Trinajstić information content (AvgIpc) is 3.74. The molecule has 2 aromatic carbocycles. The number of nitrogens with zero attached hydrogens (tertiary/aromatic N) is 4. The van der Waals surface area contributed by atoms with Gasteiger partial charge in [-0.15, -0.1) is 0 Å². The van der Waals surface area contributed by atoms with Gasteiger partial charge in [0.2, 0.25) is 0 Å². The normalized spacial score (nSPS) is 13.8. The number of hydrogen-bond acceptors (Lipinski definition) is 9. The third-order valence-electron chi connectivity index (χ3n) is 8.74. The molecule has 53 heavy (non-hydrogen) atoms. The summed E-state index contributed by atoms with van der Waals surface area (Å²) in [7, 11) is 0. The maximum atomic E-state index is 13.6. The maximum Gasteiger partial charge on any atom is 0.330 e. The second-order valence-corrected chi connectivity index (χ2v) is 15.3. The second-order valence-electron chi connectivity index (χ2n) is 14.1. The van der Waals surface area contributed by atoms with Gasteiger partial charge in [-0.2, -0.15) is 0 Å². The van der Waals surface area contributed by atoms with E-state index >= 15 is 0 Å². The summed E-state index contributed by atoms with van der Waals surface area (Å²) in [5, 5.41) is 26.3. The number of carbonyl (C=O) groups excluding carboxylic acids is 2. The van der Waals surface area contributed by atoms with Crippen LogP contribution in [0.15, 0.2) is 79.6 Å². The molecule has 4 N–H and O–H groups in total. The number of carbonyl (C=O) groups is 4. The van der Waals surface area contributed by atoms with Crippen molar-refractivity contribution in [3.63, 3.8) is 0 Å². The number of nitrogens with one attached hydrogen (secondary N) is 2. The maximum absolute atomic E-state index is 13.6. The Balaban J connectivity index is 1.45. The number of hydrogen-bond donors (Lipinski definition) is 4. The lowest BCUT2D eigenvalue weighted by Gasteiger charge is -2.26. The van der Waals surface area contributed by atoms with Crippen LogP contribution in [0.2, 0.25) is 0 Å². The minimum atomic E-state index is -1.19. The van der Waals surface area contributed by atoms with Gasteiger partial charge in [0, 0.05) is 53.3 Å². The van der Waals surface area contributed by atoms with Crippen LogP contribution in [0.3, 0.4) is 0 Å². The monoisotopic (exact) mass is 840 g/mol. The molecule has 0 fully saturated rings.